The molecule has 0 atom stereocenters. The third-order valence-corrected chi connectivity index (χ3v) is 2.93. The second-order valence-corrected chi connectivity index (χ2v) is 4.51. The first-order chi connectivity index (χ1) is 9.35. The molecule has 0 spiro atoms. The number of aromatic nitrogens is 2. The van der Waals surface area contributed by atoms with Crippen molar-refractivity contribution in [3.8, 4) is 0 Å². The summed E-state index contributed by atoms with van der Waals surface area (Å²) in [5.74, 6) is -0.233. The Hall–Kier alpha value is -1.90. The Morgan fingerprint density at radius 1 is 1.25 bits per heavy atom. The van der Waals surface area contributed by atoms with Crippen molar-refractivity contribution in [2.45, 2.75) is 6.18 Å². The molecule has 0 aliphatic carbocycles. The third kappa shape index (κ3) is 3.80. The number of hydrogen-bond donors (Lipinski definition) is 1. The highest BCUT2D eigenvalue weighted by atomic mass is 19.4. The molecule has 0 unspecified atom stereocenters. The van der Waals surface area contributed by atoms with E-state index >= 15 is 0 Å². The molecule has 2 heterocycles. The molecule has 1 fully saturated rings. The van der Waals surface area contributed by atoms with E-state index in [1.165, 1.54) is 22.2 Å². The maximum absolute atomic E-state index is 12.3. The molecule has 1 aliphatic heterocycles. The van der Waals surface area contributed by atoms with Gasteiger partial charge in [0.1, 0.15) is 11.5 Å². The maximum Gasteiger partial charge on any atom is 0.401 e. The van der Waals surface area contributed by atoms with E-state index in [4.69, 9.17) is 5.73 Å². The van der Waals surface area contributed by atoms with Crippen LogP contribution in [0, 0.1) is 0 Å². The fraction of sp³-hybridized carbons (Fsp3) is 0.545. The topological polar surface area (TPSA) is 75.3 Å². The number of anilines is 1. The molecule has 2 N–H and O–H groups in total. The summed E-state index contributed by atoms with van der Waals surface area (Å²) >= 11 is 0. The molecule has 20 heavy (non-hydrogen) atoms. The summed E-state index contributed by atoms with van der Waals surface area (Å²) in [6, 6.07) is 0. The first-order valence-corrected chi connectivity index (χ1v) is 6.01. The number of piperazine rings is 1. The summed E-state index contributed by atoms with van der Waals surface area (Å²) in [5.41, 5.74) is 5.55. The molecule has 0 aromatic carbocycles. The molecule has 110 valence electrons. The van der Waals surface area contributed by atoms with Crippen LogP contribution in [0.25, 0.3) is 0 Å². The van der Waals surface area contributed by atoms with Crippen molar-refractivity contribution < 1.29 is 18.0 Å². The summed E-state index contributed by atoms with van der Waals surface area (Å²) in [6.07, 6.45) is -1.61. The summed E-state index contributed by atoms with van der Waals surface area (Å²) in [7, 11) is 0. The fourth-order valence-corrected chi connectivity index (χ4v) is 2.01. The van der Waals surface area contributed by atoms with Crippen molar-refractivity contribution in [3.05, 3.63) is 18.1 Å². The van der Waals surface area contributed by atoms with E-state index in [-0.39, 0.29) is 43.6 Å². The molecular formula is C11H14F3N5O. The minimum absolute atomic E-state index is 0.106. The van der Waals surface area contributed by atoms with Crippen LogP contribution in [0.3, 0.4) is 0 Å². The van der Waals surface area contributed by atoms with E-state index in [9.17, 15) is 18.0 Å². The smallest absolute Gasteiger partial charge is 0.382 e. The van der Waals surface area contributed by atoms with Crippen LogP contribution in [0.15, 0.2) is 12.4 Å². The Balaban J connectivity index is 1.92. The summed E-state index contributed by atoms with van der Waals surface area (Å²) in [5, 5.41) is 0. The minimum atomic E-state index is -4.22. The van der Waals surface area contributed by atoms with E-state index in [0.29, 0.717) is 0 Å². The predicted molar refractivity (Wildman–Crippen MR) is 64.8 cm³/mol. The number of nitrogens with two attached hydrogens (primary N) is 1. The lowest BCUT2D eigenvalue weighted by atomic mass is 10.2. The summed E-state index contributed by atoms with van der Waals surface area (Å²) in [4.78, 5) is 22.4. The molecule has 1 aliphatic rings. The zero-order valence-electron chi connectivity index (χ0n) is 10.6. The fourth-order valence-electron chi connectivity index (χ4n) is 2.01. The predicted octanol–water partition coefficient (Wildman–Crippen LogP) is 0.379. The molecule has 6 nitrogen and oxygen atoms in total. The van der Waals surface area contributed by atoms with E-state index in [1.54, 1.807) is 0 Å². The summed E-state index contributed by atoms with van der Waals surface area (Å²) in [6.45, 7) is -0.133. The third-order valence-electron chi connectivity index (χ3n) is 2.93. The second-order valence-electron chi connectivity index (χ2n) is 4.51. The van der Waals surface area contributed by atoms with Gasteiger partial charge < -0.3 is 10.6 Å². The molecule has 1 saturated heterocycles. The zero-order chi connectivity index (χ0) is 14.8. The van der Waals surface area contributed by atoms with Gasteiger partial charge in [-0.2, -0.15) is 13.2 Å². The normalized spacial score (nSPS) is 17.2. The monoisotopic (exact) mass is 289 g/mol. The Kier molecular flexibility index (Phi) is 4.07. The van der Waals surface area contributed by atoms with Gasteiger partial charge in [-0.05, 0) is 0 Å². The van der Waals surface area contributed by atoms with Gasteiger partial charge in [-0.15, -0.1) is 0 Å². The quantitative estimate of drug-likeness (QED) is 0.852. The van der Waals surface area contributed by atoms with Crippen LogP contribution < -0.4 is 5.73 Å². The Bertz CT molecular complexity index is 485. The van der Waals surface area contributed by atoms with Gasteiger partial charge in [0.25, 0.3) is 5.91 Å². The van der Waals surface area contributed by atoms with Crippen LogP contribution in [-0.4, -0.2) is 64.6 Å². The van der Waals surface area contributed by atoms with Gasteiger partial charge in [0.15, 0.2) is 0 Å². The van der Waals surface area contributed by atoms with Crippen LogP contribution in [0.1, 0.15) is 10.5 Å². The average molecular weight is 289 g/mol. The largest absolute Gasteiger partial charge is 0.401 e. The average Bonchev–Trinajstić information content (AvgIpc) is 2.37. The van der Waals surface area contributed by atoms with Crippen LogP contribution in [-0.2, 0) is 0 Å². The first-order valence-electron chi connectivity index (χ1n) is 6.01. The van der Waals surface area contributed by atoms with Gasteiger partial charge in [-0.25, -0.2) is 4.98 Å². The first kappa shape index (κ1) is 14.5. The number of hydrogen-bond acceptors (Lipinski definition) is 5. The lowest BCUT2D eigenvalue weighted by molar-refractivity contribution is -0.148. The number of carbonyl (C=O) groups is 1. The molecule has 1 amide bonds. The van der Waals surface area contributed by atoms with Gasteiger partial charge >= 0.3 is 6.18 Å². The van der Waals surface area contributed by atoms with Crippen LogP contribution in [0.4, 0.5) is 19.0 Å². The van der Waals surface area contributed by atoms with Crippen molar-refractivity contribution >= 4 is 11.7 Å². The number of alkyl halides is 3. The van der Waals surface area contributed by atoms with Crippen LogP contribution in [0.5, 0.6) is 0 Å². The van der Waals surface area contributed by atoms with Gasteiger partial charge in [0, 0.05) is 26.2 Å². The van der Waals surface area contributed by atoms with Crippen molar-refractivity contribution in [2.75, 3.05) is 38.5 Å². The van der Waals surface area contributed by atoms with E-state index in [0.717, 1.165) is 0 Å². The second kappa shape index (κ2) is 5.61. The van der Waals surface area contributed by atoms with Gasteiger partial charge in [-0.3, -0.25) is 14.7 Å². The van der Waals surface area contributed by atoms with Crippen LogP contribution >= 0.6 is 0 Å². The lowest BCUT2D eigenvalue weighted by Gasteiger charge is -2.34. The molecule has 0 radical (unpaired) electrons. The number of nitrogens with zero attached hydrogens (tertiary/aromatic N) is 4. The SMILES string of the molecule is Nc1cncc(C(=O)N2CCN(CC(F)(F)F)CC2)n1. The minimum Gasteiger partial charge on any atom is -0.382 e. The number of amides is 1. The molecule has 2 rings (SSSR count). The van der Waals surface area contributed by atoms with Crippen LogP contribution in [0.2, 0.25) is 0 Å². The molecule has 0 saturated carbocycles. The molecule has 1 aromatic rings. The Labute approximate surface area is 113 Å². The van der Waals surface area contributed by atoms with E-state index in [2.05, 4.69) is 9.97 Å². The van der Waals surface area contributed by atoms with Gasteiger partial charge in [0.2, 0.25) is 0 Å². The van der Waals surface area contributed by atoms with Crippen molar-refractivity contribution in [2.24, 2.45) is 0 Å². The van der Waals surface area contributed by atoms with Crippen molar-refractivity contribution in [3.63, 3.8) is 0 Å². The number of carbonyl (C=O) groups excluding carboxylic acids is 1. The maximum atomic E-state index is 12.3. The van der Waals surface area contributed by atoms with Crippen molar-refractivity contribution in [1.82, 2.24) is 19.8 Å². The number of rotatable bonds is 2. The molecule has 1 aromatic heterocycles. The zero-order valence-corrected chi connectivity index (χ0v) is 10.6. The van der Waals surface area contributed by atoms with E-state index in [1.807, 2.05) is 0 Å². The highest BCUT2D eigenvalue weighted by Gasteiger charge is 2.33. The molecular weight excluding hydrogens is 275 g/mol. The van der Waals surface area contributed by atoms with Crippen molar-refractivity contribution in [1.29, 1.82) is 0 Å². The number of nitrogen functional groups attached to an aromatic ring is 1. The molecule has 9 heteroatoms. The summed E-state index contributed by atoms with van der Waals surface area (Å²) < 4.78 is 36.8. The lowest BCUT2D eigenvalue weighted by Crippen LogP contribution is -2.51. The molecule has 0 bridgehead atoms. The Morgan fingerprint density at radius 2 is 1.90 bits per heavy atom. The van der Waals surface area contributed by atoms with Gasteiger partial charge in [0.05, 0.1) is 18.9 Å². The standard InChI is InChI=1S/C11H14F3N5O/c12-11(13,14)7-18-1-3-19(4-2-18)10(20)8-5-16-6-9(15)17-8/h5-6H,1-4,7H2,(H2,15,17). The van der Waals surface area contributed by atoms with Gasteiger partial charge in [-0.1, -0.05) is 0 Å². The Morgan fingerprint density at radius 3 is 2.45 bits per heavy atom. The highest BCUT2D eigenvalue weighted by Crippen LogP contribution is 2.17. The number of halogens is 3. The highest BCUT2D eigenvalue weighted by molar-refractivity contribution is 5.92. The van der Waals surface area contributed by atoms with E-state index < -0.39 is 12.7 Å².